The van der Waals surface area contributed by atoms with Gasteiger partial charge in [0.1, 0.15) is 11.2 Å². The average molecular weight is 406 g/mol. The zero-order valence-corrected chi connectivity index (χ0v) is 17.4. The van der Waals surface area contributed by atoms with E-state index in [2.05, 4.69) is 4.98 Å². The Bertz CT molecular complexity index is 1080. The molecule has 6 nitrogen and oxygen atoms in total. The van der Waals surface area contributed by atoms with Gasteiger partial charge in [-0.15, -0.1) is 0 Å². The van der Waals surface area contributed by atoms with E-state index in [9.17, 15) is 4.79 Å². The first-order chi connectivity index (χ1) is 14.5. The number of ether oxygens (including phenoxy) is 2. The number of para-hydroxylation sites is 1. The third-order valence-electron chi connectivity index (χ3n) is 6.14. The van der Waals surface area contributed by atoms with Crippen molar-refractivity contribution in [2.75, 3.05) is 19.7 Å². The number of nitrogens with zero attached hydrogens (tertiary/aromatic N) is 2. The van der Waals surface area contributed by atoms with E-state index < -0.39 is 0 Å². The van der Waals surface area contributed by atoms with Crippen LogP contribution in [0.4, 0.5) is 0 Å². The second-order valence-corrected chi connectivity index (χ2v) is 8.44. The molecule has 0 unspecified atom stereocenters. The minimum atomic E-state index is -0.307. The van der Waals surface area contributed by atoms with Crippen LogP contribution in [0.25, 0.3) is 11.0 Å². The van der Waals surface area contributed by atoms with Crippen LogP contribution in [-0.2, 0) is 16.1 Å². The van der Waals surface area contributed by atoms with Crippen LogP contribution in [0.15, 0.2) is 46.9 Å². The maximum Gasteiger partial charge on any atom is 0.290 e. The SMILES string of the molecule is Cc1cccc(CO[C@H]2CCOC3(C2)CN(C(=O)c2oc4ccccc4c2C)C3)n1. The molecule has 0 radical (unpaired) electrons. The van der Waals surface area contributed by atoms with Crippen molar-refractivity contribution >= 4 is 16.9 Å². The van der Waals surface area contributed by atoms with Crippen molar-refractivity contribution in [3.05, 3.63) is 65.2 Å². The molecule has 0 aliphatic carbocycles. The van der Waals surface area contributed by atoms with E-state index >= 15 is 0 Å². The molecule has 156 valence electrons. The summed E-state index contributed by atoms with van der Waals surface area (Å²) in [6.45, 7) is 6.22. The van der Waals surface area contributed by atoms with Gasteiger partial charge in [-0.05, 0) is 38.5 Å². The fraction of sp³-hybridized carbons (Fsp3) is 0.417. The van der Waals surface area contributed by atoms with Gasteiger partial charge in [0.2, 0.25) is 0 Å². The fourth-order valence-corrected chi connectivity index (χ4v) is 4.54. The van der Waals surface area contributed by atoms with Crippen molar-refractivity contribution in [2.24, 2.45) is 0 Å². The lowest BCUT2D eigenvalue weighted by Crippen LogP contribution is -2.67. The molecule has 1 atom stereocenters. The number of pyridine rings is 1. The number of amides is 1. The summed E-state index contributed by atoms with van der Waals surface area (Å²) in [5, 5.41) is 0.989. The maximum absolute atomic E-state index is 13.0. The molecule has 2 aliphatic rings. The predicted molar refractivity (Wildman–Crippen MR) is 112 cm³/mol. The van der Waals surface area contributed by atoms with E-state index in [0.29, 0.717) is 32.1 Å². The van der Waals surface area contributed by atoms with Gasteiger partial charge in [-0.3, -0.25) is 9.78 Å². The lowest BCUT2D eigenvalue weighted by Gasteiger charge is -2.52. The summed E-state index contributed by atoms with van der Waals surface area (Å²) in [7, 11) is 0. The zero-order chi connectivity index (χ0) is 20.7. The first-order valence-corrected chi connectivity index (χ1v) is 10.5. The second kappa shape index (κ2) is 7.52. The number of aromatic nitrogens is 1. The topological polar surface area (TPSA) is 64.8 Å². The number of carbonyl (C=O) groups is 1. The van der Waals surface area contributed by atoms with Crippen molar-refractivity contribution < 1.29 is 18.7 Å². The fourth-order valence-electron chi connectivity index (χ4n) is 4.54. The Morgan fingerprint density at radius 1 is 1.20 bits per heavy atom. The second-order valence-electron chi connectivity index (χ2n) is 8.44. The molecule has 0 N–H and O–H groups in total. The highest BCUT2D eigenvalue weighted by Crippen LogP contribution is 2.37. The molecular formula is C24H26N2O4. The summed E-state index contributed by atoms with van der Waals surface area (Å²) in [6, 6.07) is 13.7. The first-order valence-electron chi connectivity index (χ1n) is 10.5. The Labute approximate surface area is 175 Å². The number of aryl methyl sites for hydroxylation is 2. The van der Waals surface area contributed by atoms with Crippen LogP contribution < -0.4 is 0 Å². The first kappa shape index (κ1) is 19.3. The van der Waals surface area contributed by atoms with Crippen LogP contribution in [0.1, 0.15) is 40.3 Å². The van der Waals surface area contributed by atoms with E-state index in [-0.39, 0.29) is 17.6 Å². The van der Waals surface area contributed by atoms with Gasteiger partial charge in [0.25, 0.3) is 5.91 Å². The van der Waals surface area contributed by atoms with E-state index in [1.807, 2.05) is 61.2 Å². The van der Waals surface area contributed by atoms with Crippen LogP contribution in [0, 0.1) is 13.8 Å². The molecule has 1 spiro atoms. The van der Waals surface area contributed by atoms with Crippen LogP contribution in [0.5, 0.6) is 0 Å². The molecule has 3 aromatic rings. The van der Waals surface area contributed by atoms with E-state index in [1.54, 1.807) is 0 Å². The summed E-state index contributed by atoms with van der Waals surface area (Å²) in [5.74, 6) is 0.366. The lowest BCUT2D eigenvalue weighted by molar-refractivity contribution is -0.188. The Morgan fingerprint density at radius 3 is 2.83 bits per heavy atom. The normalized spacial score (nSPS) is 20.5. The number of hydrogen-bond donors (Lipinski definition) is 0. The average Bonchev–Trinajstić information content (AvgIpc) is 3.07. The molecular weight excluding hydrogens is 380 g/mol. The van der Waals surface area contributed by atoms with Gasteiger partial charge in [0.15, 0.2) is 5.76 Å². The lowest BCUT2D eigenvalue weighted by atomic mass is 9.84. The number of furan rings is 1. The van der Waals surface area contributed by atoms with Gasteiger partial charge in [0, 0.05) is 29.7 Å². The minimum Gasteiger partial charge on any atom is -0.451 e. The summed E-state index contributed by atoms with van der Waals surface area (Å²) >= 11 is 0. The van der Waals surface area contributed by atoms with Crippen LogP contribution in [-0.4, -0.2) is 47.2 Å². The van der Waals surface area contributed by atoms with Crippen molar-refractivity contribution in [2.45, 2.75) is 45.0 Å². The number of hydrogen-bond acceptors (Lipinski definition) is 5. The highest BCUT2D eigenvalue weighted by molar-refractivity contribution is 5.99. The molecule has 2 saturated heterocycles. The quantitative estimate of drug-likeness (QED) is 0.654. The molecule has 1 amide bonds. The van der Waals surface area contributed by atoms with Gasteiger partial charge in [0.05, 0.1) is 31.5 Å². The Morgan fingerprint density at radius 2 is 2.03 bits per heavy atom. The summed E-state index contributed by atoms with van der Waals surface area (Å²) in [6.07, 6.45) is 1.78. The Hall–Kier alpha value is -2.70. The Kier molecular flexibility index (Phi) is 4.83. The van der Waals surface area contributed by atoms with Gasteiger partial charge in [-0.25, -0.2) is 0 Å². The molecule has 4 heterocycles. The number of fused-ring (bicyclic) bond motifs is 1. The van der Waals surface area contributed by atoms with Gasteiger partial charge >= 0.3 is 0 Å². The van der Waals surface area contributed by atoms with Crippen molar-refractivity contribution in [1.29, 1.82) is 0 Å². The summed E-state index contributed by atoms with van der Waals surface area (Å²) in [5.41, 5.74) is 3.28. The predicted octanol–water partition coefficient (Wildman–Crippen LogP) is 4.04. The Balaban J connectivity index is 1.21. The third kappa shape index (κ3) is 3.50. The number of rotatable bonds is 4. The van der Waals surface area contributed by atoms with Gasteiger partial charge in [-0.2, -0.15) is 0 Å². The van der Waals surface area contributed by atoms with Crippen LogP contribution in [0.3, 0.4) is 0 Å². The monoisotopic (exact) mass is 406 g/mol. The summed E-state index contributed by atoms with van der Waals surface area (Å²) in [4.78, 5) is 19.3. The molecule has 1 aromatic carbocycles. The molecule has 2 fully saturated rings. The molecule has 30 heavy (non-hydrogen) atoms. The van der Waals surface area contributed by atoms with Crippen molar-refractivity contribution in [3.63, 3.8) is 0 Å². The molecule has 0 saturated carbocycles. The van der Waals surface area contributed by atoms with E-state index in [4.69, 9.17) is 13.9 Å². The molecule has 0 bridgehead atoms. The third-order valence-corrected chi connectivity index (χ3v) is 6.14. The van der Waals surface area contributed by atoms with Gasteiger partial charge < -0.3 is 18.8 Å². The number of carbonyl (C=O) groups excluding carboxylic acids is 1. The largest absolute Gasteiger partial charge is 0.451 e. The van der Waals surface area contributed by atoms with Gasteiger partial charge in [-0.1, -0.05) is 24.3 Å². The minimum absolute atomic E-state index is 0.0649. The van der Waals surface area contributed by atoms with Crippen LogP contribution in [0.2, 0.25) is 0 Å². The number of likely N-dealkylation sites (tertiary alicyclic amines) is 1. The zero-order valence-electron chi connectivity index (χ0n) is 17.4. The molecule has 2 aromatic heterocycles. The number of benzene rings is 1. The highest BCUT2D eigenvalue weighted by Gasteiger charge is 2.50. The maximum atomic E-state index is 13.0. The standard InChI is InChI=1S/C24H26N2O4/c1-16-6-5-7-18(25-16)13-28-19-10-11-29-24(12-19)14-26(15-24)23(27)22-17(2)20-8-3-4-9-21(20)30-22/h3-9,19H,10-15H2,1-2H3/t19-/m0/s1. The van der Waals surface area contributed by atoms with Crippen LogP contribution >= 0.6 is 0 Å². The molecule has 5 rings (SSSR count). The van der Waals surface area contributed by atoms with Crippen molar-refractivity contribution in [1.82, 2.24) is 9.88 Å². The highest BCUT2D eigenvalue weighted by atomic mass is 16.5. The van der Waals surface area contributed by atoms with Crippen molar-refractivity contribution in [3.8, 4) is 0 Å². The summed E-state index contributed by atoms with van der Waals surface area (Å²) < 4.78 is 18.1. The smallest absolute Gasteiger partial charge is 0.290 e. The van der Waals surface area contributed by atoms with E-state index in [1.165, 1.54) is 0 Å². The van der Waals surface area contributed by atoms with E-state index in [0.717, 1.165) is 40.8 Å². The molecule has 2 aliphatic heterocycles. The molecule has 6 heteroatoms.